The number of likely N-dealkylation sites (N-methyl/N-ethyl adjacent to an activating group) is 1. The third-order valence-corrected chi connectivity index (χ3v) is 2.66. The lowest BCUT2D eigenvalue weighted by molar-refractivity contribution is -0.117. The molecule has 1 atom stereocenters. The van der Waals surface area contributed by atoms with Gasteiger partial charge in [-0.05, 0) is 18.2 Å². The number of carbonyl (C=O) groups excluding carboxylic acids is 1. The van der Waals surface area contributed by atoms with Crippen molar-refractivity contribution in [2.24, 2.45) is 5.92 Å². The average Bonchev–Trinajstić information content (AvgIpc) is 2.16. The van der Waals surface area contributed by atoms with Gasteiger partial charge in [0.15, 0.2) is 0 Å². The summed E-state index contributed by atoms with van der Waals surface area (Å²) in [6.45, 7) is 0. The van der Waals surface area contributed by atoms with Gasteiger partial charge in [-0.25, -0.2) is 0 Å². The summed E-state index contributed by atoms with van der Waals surface area (Å²) in [4.78, 5) is 11.3. The van der Waals surface area contributed by atoms with Crippen molar-refractivity contribution in [1.82, 2.24) is 5.32 Å². The number of carbonyl (C=O) groups is 1. The molecule has 0 heterocycles. The van der Waals surface area contributed by atoms with E-state index >= 15 is 0 Å². The fourth-order valence-electron chi connectivity index (χ4n) is 1.04. The molecule has 1 N–H and O–H groups in total. The Balaban J connectivity index is 2.84. The van der Waals surface area contributed by atoms with Crippen molar-refractivity contribution in [1.29, 1.82) is 0 Å². The minimum Gasteiger partial charge on any atom is -0.355 e. The second kappa shape index (κ2) is 4.48. The van der Waals surface area contributed by atoms with Crippen molar-refractivity contribution in [3.8, 4) is 0 Å². The lowest BCUT2D eigenvalue weighted by Gasteiger charge is -2.13. The number of hydrogen-bond acceptors (Lipinski definition) is 1. The molecule has 0 fully saturated rings. The number of nitrogens with one attached hydrogen (secondary N) is 1. The molecule has 0 saturated carbocycles. The molecule has 64 valence electrons. The summed E-state index contributed by atoms with van der Waals surface area (Å²) >= 11 is 2.27. The van der Waals surface area contributed by atoms with E-state index in [-0.39, 0.29) is 11.8 Å². The van der Waals surface area contributed by atoms with Crippen molar-refractivity contribution < 1.29 is 4.79 Å². The first-order valence-corrected chi connectivity index (χ1v) is 5.23. The van der Waals surface area contributed by atoms with Gasteiger partial charge in [0.2, 0.25) is 5.91 Å². The number of halogens is 1. The van der Waals surface area contributed by atoms with Crippen LogP contribution in [0.2, 0.25) is 0 Å². The number of hydrogen-bond donors (Lipinski definition) is 1. The van der Waals surface area contributed by atoms with Crippen molar-refractivity contribution >= 4 is 28.5 Å². The van der Waals surface area contributed by atoms with Gasteiger partial charge in [0.05, 0.1) is 0 Å². The molecule has 0 aromatic rings. The largest absolute Gasteiger partial charge is 0.355 e. The quantitative estimate of drug-likeness (QED) is 0.461. The first-order valence-electron chi connectivity index (χ1n) is 3.70. The predicted molar refractivity (Wildman–Crippen MR) is 57.2 cm³/mol. The van der Waals surface area contributed by atoms with E-state index in [1.807, 2.05) is 12.2 Å². The van der Waals surface area contributed by atoms with Gasteiger partial charge in [0, 0.05) is 23.0 Å². The molecule has 0 bridgehead atoms. The van der Waals surface area contributed by atoms with E-state index in [0.717, 1.165) is 10.0 Å². The van der Waals surface area contributed by atoms with Crippen LogP contribution >= 0.6 is 22.6 Å². The Labute approximate surface area is 85.6 Å². The van der Waals surface area contributed by atoms with Crippen LogP contribution in [0.15, 0.2) is 29.5 Å². The monoisotopic (exact) mass is 275 g/mol. The molecule has 12 heavy (non-hydrogen) atoms. The van der Waals surface area contributed by atoms with Gasteiger partial charge >= 0.3 is 0 Å². The molecular weight excluding hydrogens is 265 g/mol. The molecule has 1 aliphatic carbocycles. The van der Waals surface area contributed by atoms with Crippen molar-refractivity contribution in [3.05, 3.63) is 29.5 Å². The van der Waals surface area contributed by atoms with Crippen LogP contribution in [-0.4, -0.2) is 17.4 Å². The third-order valence-electron chi connectivity index (χ3n) is 1.71. The summed E-state index contributed by atoms with van der Waals surface area (Å²) < 4.78 is 0.915. The Bertz CT molecular complexity index is 274. The molecule has 1 rings (SSSR count). The van der Waals surface area contributed by atoms with Gasteiger partial charge in [-0.2, -0.15) is 0 Å². The molecule has 0 saturated heterocycles. The average molecular weight is 275 g/mol. The Hall–Kier alpha value is -0.540. The van der Waals surface area contributed by atoms with Crippen LogP contribution in [0.25, 0.3) is 0 Å². The highest BCUT2D eigenvalue weighted by atomic mass is 127. The molecule has 0 spiro atoms. The first-order chi connectivity index (χ1) is 5.79. The first kappa shape index (κ1) is 9.55. The third kappa shape index (κ3) is 1.99. The topological polar surface area (TPSA) is 29.1 Å². The molecule has 1 unspecified atom stereocenters. The Kier molecular flexibility index (Phi) is 3.56. The zero-order chi connectivity index (χ0) is 8.97. The molecule has 0 aromatic heterocycles. The van der Waals surface area contributed by atoms with E-state index < -0.39 is 0 Å². The molecule has 3 heteroatoms. The summed E-state index contributed by atoms with van der Waals surface area (Å²) in [5.41, 5.74) is 3.81. The smallest absolute Gasteiger partial charge is 0.247 e. The number of allylic oxidation sites excluding steroid dienone is 2. The minimum atomic E-state index is 0.00525. The Morgan fingerprint density at radius 3 is 3.17 bits per heavy atom. The lowest BCUT2D eigenvalue weighted by atomic mass is 9.97. The maximum absolute atomic E-state index is 11.3. The normalized spacial score (nSPS) is 20.5. The van der Waals surface area contributed by atoms with Crippen LogP contribution in [0.4, 0.5) is 0 Å². The van der Waals surface area contributed by atoms with Gasteiger partial charge in [0.1, 0.15) is 0 Å². The summed E-state index contributed by atoms with van der Waals surface area (Å²) in [5, 5.41) is 2.62. The number of alkyl halides is 1. The Morgan fingerprint density at radius 2 is 2.58 bits per heavy atom. The van der Waals surface area contributed by atoms with Crippen molar-refractivity contribution in [2.45, 2.75) is 0 Å². The van der Waals surface area contributed by atoms with Crippen LogP contribution in [0.3, 0.4) is 0 Å². The minimum absolute atomic E-state index is 0.00525. The Morgan fingerprint density at radius 1 is 1.83 bits per heavy atom. The summed E-state index contributed by atoms with van der Waals surface area (Å²) in [6, 6.07) is 0. The van der Waals surface area contributed by atoms with E-state index in [2.05, 4.69) is 33.6 Å². The number of rotatable bonds is 2. The van der Waals surface area contributed by atoms with Crippen LogP contribution < -0.4 is 5.32 Å². The molecular formula is C9H10INO. The van der Waals surface area contributed by atoms with Crippen LogP contribution in [0, 0.1) is 5.92 Å². The van der Waals surface area contributed by atoms with E-state index in [1.165, 1.54) is 0 Å². The fourth-order valence-corrected chi connectivity index (χ4v) is 1.77. The van der Waals surface area contributed by atoms with E-state index in [4.69, 9.17) is 0 Å². The highest BCUT2D eigenvalue weighted by Gasteiger charge is 2.16. The van der Waals surface area contributed by atoms with Crippen LogP contribution in [-0.2, 0) is 4.79 Å². The van der Waals surface area contributed by atoms with Crippen molar-refractivity contribution in [2.75, 3.05) is 11.5 Å². The standard InChI is InChI=1S/C9H10INO/c1-11-9(12)8-5-3-2-4-7(8)6-10/h3-5,7H,6H2,1H3,(H,11,12). The fraction of sp³-hybridized carbons (Fsp3) is 0.333. The van der Waals surface area contributed by atoms with E-state index in [1.54, 1.807) is 13.1 Å². The van der Waals surface area contributed by atoms with E-state index in [9.17, 15) is 4.79 Å². The molecule has 2 nitrogen and oxygen atoms in total. The van der Waals surface area contributed by atoms with Crippen LogP contribution in [0.5, 0.6) is 0 Å². The SMILES string of the molecule is CNC(=O)C1=CC=C=CC1CI. The van der Waals surface area contributed by atoms with E-state index in [0.29, 0.717) is 0 Å². The van der Waals surface area contributed by atoms with Gasteiger partial charge < -0.3 is 5.32 Å². The predicted octanol–water partition coefficient (Wildman–Crippen LogP) is 1.43. The maximum atomic E-state index is 11.3. The second-order valence-electron chi connectivity index (χ2n) is 2.46. The molecule has 0 aromatic carbocycles. The van der Waals surface area contributed by atoms with Gasteiger partial charge in [-0.1, -0.05) is 22.6 Å². The molecule has 1 aliphatic rings. The zero-order valence-electron chi connectivity index (χ0n) is 6.80. The van der Waals surface area contributed by atoms with Gasteiger partial charge in [-0.15, -0.1) is 5.73 Å². The van der Waals surface area contributed by atoms with Gasteiger partial charge in [0.25, 0.3) is 0 Å². The van der Waals surface area contributed by atoms with Crippen LogP contribution in [0.1, 0.15) is 0 Å². The molecule has 1 amide bonds. The summed E-state index contributed by atoms with van der Waals surface area (Å²) in [5.74, 6) is 0.223. The second-order valence-corrected chi connectivity index (χ2v) is 3.34. The molecule has 0 aliphatic heterocycles. The van der Waals surface area contributed by atoms with Crippen molar-refractivity contribution in [3.63, 3.8) is 0 Å². The lowest BCUT2D eigenvalue weighted by Crippen LogP contribution is -2.25. The maximum Gasteiger partial charge on any atom is 0.247 e. The summed E-state index contributed by atoms with van der Waals surface area (Å²) in [7, 11) is 1.65. The zero-order valence-corrected chi connectivity index (χ0v) is 8.96. The number of amides is 1. The van der Waals surface area contributed by atoms with Gasteiger partial charge in [-0.3, -0.25) is 4.79 Å². The highest BCUT2D eigenvalue weighted by molar-refractivity contribution is 14.1. The molecule has 0 radical (unpaired) electrons. The summed E-state index contributed by atoms with van der Waals surface area (Å²) in [6.07, 6.45) is 5.52. The highest BCUT2D eigenvalue weighted by Crippen LogP contribution is 2.18.